The van der Waals surface area contributed by atoms with E-state index in [0.717, 1.165) is 59.5 Å². The molecule has 1 aliphatic heterocycles. The van der Waals surface area contributed by atoms with Crippen LogP contribution in [0.15, 0.2) is 60.7 Å². The standard InChI is InChI=1S/C31H34ClFN6O/c1-20-4-11-26-28(16-20)36-31(38(2)3)37-29(26)35-18-21-5-9-25(10-6-21)39(30(40)22-12-14-34-15-13-22)19-23-7-8-24(33)17-27(23)32/h4-11,16-17,22,34H,12-15,18-19H2,1-3H3,(H,35,36,37). The zero-order chi connectivity index (χ0) is 28.2. The van der Waals surface area contributed by atoms with Gasteiger partial charge in [-0.3, -0.25) is 4.79 Å². The molecule has 3 aromatic carbocycles. The first-order chi connectivity index (χ1) is 19.3. The second-order valence-electron chi connectivity index (χ2n) is 10.5. The fourth-order valence-corrected chi connectivity index (χ4v) is 5.17. The number of benzene rings is 3. The van der Waals surface area contributed by atoms with Gasteiger partial charge in [0.15, 0.2) is 0 Å². The minimum Gasteiger partial charge on any atom is -0.365 e. The Morgan fingerprint density at radius 1 is 1.05 bits per heavy atom. The van der Waals surface area contributed by atoms with Gasteiger partial charge < -0.3 is 20.4 Å². The van der Waals surface area contributed by atoms with E-state index in [4.69, 9.17) is 16.6 Å². The summed E-state index contributed by atoms with van der Waals surface area (Å²) in [6.07, 6.45) is 1.58. The lowest BCUT2D eigenvalue weighted by molar-refractivity contribution is -0.123. The van der Waals surface area contributed by atoms with Crippen LogP contribution in [0.2, 0.25) is 5.02 Å². The number of anilines is 3. The van der Waals surface area contributed by atoms with Crippen molar-refractivity contribution in [2.24, 2.45) is 5.92 Å². The molecule has 208 valence electrons. The number of halogens is 2. The number of carbonyl (C=O) groups excluding carboxylic acids is 1. The lowest BCUT2D eigenvalue weighted by atomic mass is 9.96. The van der Waals surface area contributed by atoms with Crippen LogP contribution in [0.3, 0.4) is 0 Å². The van der Waals surface area contributed by atoms with Crippen LogP contribution >= 0.6 is 11.6 Å². The van der Waals surface area contributed by atoms with Gasteiger partial charge in [-0.05, 0) is 85.9 Å². The van der Waals surface area contributed by atoms with Crippen LogP contribution in [-0.4, -0.2) is 43.1 Å². The molecule has 0 atom stereocenters. The van der Waals surface area contributed by atoms with Gasteiger partial charge in [-0.2, -0.15) is 4.98 Å². The molecule has 1 amide bonds. The van der Waals surface area contributed by atoms with Gasteiger partial charge in [0, 0.05) is 42.7 Å². The average Bonchev–Trinajstić information content (AvgIpc) is 2.95. The lowest BCUT2D eigenvalue weighted by Crippen LogP contribution is -2.41. The Bertz CT molecular complexity index is 1500. The molecule has 2 N–H and O–H groups in total. The third kappa shape index (κ3) is 6.35. The molecule has 5 rings (SSSR count). The fourth-order valence-electron chi connectivity index (χ4n) is 4.95. The first-order valence-corrected chi connectivity index (χ1v) is 13.9. The van der Waals surface area contributed by atoms with Gasteiger partial charge in [-0.25, -0.2) is 9.37 Å². The molecular weight excluding hydrogens is 527 g/mol. The zero-order valence-electron chi connectivity index (χ0n) is 23.0. The summed E-state index contributed by atoms with van der Waals surface area (Å²) < 4.78 is 13.7. The molecule has 0 bridgehead atoms. The molecule has 0 spiro atoms. The fraction of sp³-hybridized carbons (Fsp3) is 0.323. The third-order valence-electron chi connectivity index (χ3n) is 7.25. The normalized spacial score (nSPS) is 13.8. The van der Waals surface area contributed by atoms with Crippen molar-refractivity contribution < 1.29 is 9.18 Å². The van der Waals surface area contributed by atoms with Crippen LogP contribution < -0.4 is 20.4 Å². The Balaban J connectivity index is 1.38. The summed E-state index contributed by atoms with van der Waals surface area (Å²) in [7, 11) is 3.85. The molecule has 0 aliphatic carbocycles. The van der Waals surface area contributed by atoms with Crippen LogP contribution in [0.4, 0.5) is 21.8 Å². The Hall–Kier alpha value is -3.75. The van der Waals surface area contributed by atoms with Crippen molar-refractivity contribution >= 4 is 45.9 Å². The summed E-state index contributed by atoms with van der Waals surface area (Å²) in [5.41, 5.74) is 4.57. The molecule has 4 aromatic rings. The van der Waals surface area contributed by atoms with E-state index in [0.29, 0.717) is 23.1 Å². The van der Waals surface area contributed by atoms with Crippen molar-refractivity contribution in [3.63, 3.8) is 0 Å². The molecule has 1 aliphatic rings. The summed E-state index contributed by atoms with van der Waals surface area (Å²) in [6, 6.07) is 18.4. The Kier molecular flexibility index (Phi) is 8.47. The number of fused-ring (bicyclic) bond motifs is 1. The molecule has 1 saturated heterocycles. The highest BCUT2D eigenvalue weighted by atomic mass is 35.5. The van der Waals surface area contributed by atoms with Gasteiger partial charge >= 0.3 is 0 Å². The van der Waals surface area contributed by atoms with Crippen molar-refractivity contribution in [2.75, 3.05) is 42.3 Å². The SMILES string of the molecule is Cc1ccc2c(NCc3ccc(N(Cc4ccc(F)cc4Cl)C(=O)C4CCNCC4)cc3)nc(N(C)C)nc2c1. The molecule has 7 nitrogen and oxygen atoms in total. The maximum absolute atomic E-state index is 13.7. The van der Waals surface area contributed by atoms with E-state index in [-0.39, 0.29) is 18.4 Å². The Morgan fingerprint density at radius 2 is 1.80 bits per heavy atom. The number of aromatic nitrogens is 2. The van der Waals surface area contributed by atoms with Gasteiger partial charge in [-0.1, -0.05) is 35.9 Å². The number of nitrogens with zero attached hydrogens (tertiary/aromatic N) is 4. The molecule has 0 saturated carbocycles. The van der Waals surface area contributed by atoms with E-state index in [1.165, 1.54) is 12.1 Å². The van der Waals surface area contributed by atoms with Crippen molar-refractivity contribution in [1.29, 1.82) is 0 Å². The summed E-state index contributed by atoms with van der Waals surface area (Å²) in [5, 5.41) is 8.07. The summed E-state index contributed by atoms with van der Waals surface area (Å²) in [4.78, 5) is 26.7. The summed E-state index contributed by atoms with van der Waals surface area (Å²) >= 11 is 6.35. The van der Waals surface area contributed by atoms with E-state index >= 15 is 0 Å². The molecule has 9 heteroatoms. The number of nitrogens with one attached hydrogen (secondary N) is 2. The lowest BCUT2D eigenvalue weighted by Gasteiger charge is -2.30. The largest absolute Gasteiger partial charge is 0.365 e. The molecule has 0 radical (unpaired) electrons. The number of rotatable bonds is 8. The Morgan fingerprint density at radius 3 is 2.50 bits per heavy atom. The summed E-state index contributed by atoms with van der Waals surface area (Å²) in [6.45, 7) is 4.52. The predicted octanol–water partition coefficient (Wildman–Crippen LogP) is 5.94. The molecule has 40 heavy (non-hydrogen) atoms. The average molecular weight is 561 g/mol. The summed E-state index contributed by atoms with van der Waals surface area (Å²) in [5.74, 6) is 1.01. The minimum atomic E-state index is -0.397. The van der Waals surface area contributed by atoms with Gasteiger partial charge in [0.05, 0.1) is 12.1 Å². The number of piperidine rings is 1. The van der Waals surface area contributed by atoms with Crippen LogP contribution in [0.25, 0.3) is 10.9 Å². The highest BCUT2D eigenvalue weighted by Gasteiger charge is 2.27. The van der Waals surface area contributed by atoms with Gasteiger partial charge in [0.1, 0.15) is 11.6 Å². The number of hydrogen-bond acceptors (Lipinski definition) is 6. The van der Waals surface area contributed by atoms with E-state index in [1.807, 2.05) is 49.3 Å². The first-order valence-electron chi connectivity index (χ1n) is 13.5. The zero-order valence-corrected chi connectivity index (χ0v) is 23.8. The van der Waals surface area contributed by atoms with E-state index in [9.17, 15) is 9.18 Å². The molecule has 0 unspecified atom stereocenters. The number of aryl methyl sites for hydroxylation is 1. The van der Waals surface area contributed by atoms with Crippen LogP contribution in [0, 0.1) is 18.7 Å². The third-order valence-corrected chi connectivity index (χ3v) is 7.60. The molecule has 1 aromatic heterocycles. The maximum atomic E-state index is 13.7. The van der Waals surface area contributed by atoms with Gasteiger partial charge in [0.25, 0.3) is 0 Å². The highest BCUT2D eigenvalue weighted by Crippen LogP contribution is 2.28. The number of amides is 1. The van der Waals surface area contributed by atoms with Crippen LogP contribution in [0.5, 0.6) is 0 Å². The number of carbonyl (C=O) groups is 1. The van der Waals surface area contributed by atoms with E-state index in [2.05, 4.69) is 34.7 Å². The van der Waals surface area contributed by atoms with Gasteiger partial charge in [0.2, 0.25) is 11.9 Å². The predicted molar refractivity (Wildman–Crippen MR) is 161 cm³/mol. The smallest absolute Gasteiger partial charge is 0.230 e. The monoisotopic (exact) mass is 560 g/mol. The van der Waals surface area contributed by atoms with Crippen LogP contribution in [-0.2, 0) is 17.9 Å². The molecular formula is C31H34ClFN6O. The maximum Gasteiger partial charge on any atom is 0.230 e. The van der Waals surface area contributed by atoms with Crippen LogP contribution in [0.1, 0.15) is 29.5 Å². The molecule has 2 heterocycles. The quantitative estimate of drug-likeness (QED) is 0.278. The van der Waals surface area contributed by atoms with E-state index in [1.54, 1.807) is 11.0 Å². The van der Waals surface area contributed by atoms with Crippen molar-refractivity contribution in [3.05, 3.63) is 88.2 Å². The van der Waals surface area contributed by atoms with Crippen molar-refractivity contribution in [3.8, 4) is 0 Å². The van der Waals surface area contributed by atoms with Crippen molar-refractivity contribution in [2.45, 2.75) is 32.9 Å². The second-order valence-corrected chi connectivity index (χ2v) is 10.9. The van der Waals surface area contributed by atoms with E-state index < -0.39 is 5.82 Å². The minimum absolute atomic E-state index is 0.0618. The number of hydrogen-bond donors (Lipinski definition) is 2. The topological polar surface area (TPSA) is 73.4 Å². The van der Waals surface area contributed by atoms with Gasteiger partial charge in [-0.15, -0.1) is 0 Å². The highest BCUT2D eigenvalue weighted by molar-refractivity contribution is 6.31. The first kappa shape index (κ1) is 27.8. The molecule has 1 fully saturated rings. The second kappa shape index (κ2) is 12.2. The van der Waals surface area contributed by atoms with Crippen molar-refractivity contribution in [1.82, 2.24) is 15.3 Å². The Labute approximate surface area is 239 Å².